The average molecular weight is 319 g/mol. The standard InChI is InChI=1S/C12H17NO5S2/c1-12(16)3-2-5-13(6-4-12)20(17,18)9-7-10(11(14)15)19-8-9/h7-8,16H,2-6H2,1H3,(H,14,15). The molecule has 0 amide bonds. The van der Waals surface area contributed by atoms with E-state index in [1.54, 1.807) is 6.92 Å². The van der Waals surface area contributed by atoms with Crippen LogP contribution in [-0.4, -0.2) is 47.6 Å². The maximum absolute atomic E-state index is 12.4. The molecule has 0 radical (unpaired) electrons. The fourth-order valence-corrected chi connectivity index (χ4v) is 4.77. The molecule has 1 atom stereocenters. The topological polar surface area (TPSA) is 94.9 Å². The number of carboxylic acid groups (broad SMARTS) is 1. The summed E-state index contributed by atoms with van der Waals surface area (Å²) in [7, 11) is -3.68. The summed E-state index contributed by atoms with van der Waals surface area (Å²) in [6.45, 7) is 2.29. The van der Waals surface area contributed by atoms with Crippen molar-refractivity contribution in [3.8, 4) is 0 Å². The van der Waals surface area contributed by atoms with E-state index in [0.29, 0.717) is 25.8 Å². The van der Waals surface area contributed by atoms with E-state index in [-0.39, 0.29) is 16.3 Å². The first-order valence-corrected chi connectivity index (χ1v) is 8.59. The molecule has 20 heavy (non-hydrogen) atoms. The highest BCUT2D eigenvalue weighted by Crippen LogP contribution is 2.27. The number of thiophene rings is 1. The molecule has 0 spiro atoms. The summed E-state index contributed by atoms with van der Waals surface area (Å²) in [5.74, 6) is -1.13. The van der Waals surface area contributed by atoms with Gasteiger partial charge in [-0.15, -0.1) is 11.3 Å². The van der Waals surface area contributed by atoms with E-state index in [1.807, 2.05) is 0 Å². The Labute approximate surface area is 121 Å². The molecule has 0 bridgehead atoms. The van der Waals surface area contributed by atoms with Gasteiger partial charge in [-0.3, -0.25) is 0 Å². The number of sulfonamides is 1. The van der Waals surface area contributed by atoms with Crippen molar-refractivity contribution >= 4 is 27.3 Å². The van der Waals surface area contributed by atoms with Crippen molar-refractivity contribution in [2.75, 3.05) is 13.1 Å². The van der Waals surface area contributed by atoms with Gasteiger partial charge in [0.05, 0.1) is 10.5 Å². The first kappa shape index (κ1) is 15.4. The zero-order valence-corrected chi connectivity index (χ0v) is 12.7. The van der Waals surface area contributed by atoms with Crippen molar-refractivity contribution in [2.45, 2.75) is 36.7 Å². The highest BCUT2D eigenvalue weighted by Gasteiger charge is 2.32. The van der Waals surface area contributed by atoms with Crippen molar-refractivity contribution < 1.29 is 23.4 Å². The Bertz CT molecular complexity index is 605. The molecule has 2 heterocycles. The highest BCUT2D eigenvalue weighted by molar-refractivity contribution is 7.89. The molecule has 2 rings (SSSR count). The molecular weight excluding hydrogens is 302 g/mol. The third kappa shape index (κ3) is 3.20. The molecule has 1 aromatic rings. The minimum Gasteiger partial charge on any atom is -0.477 e. The molecule has 2 N–H and O–H groups in total. The maximum atomic E-state index is 12.4. The molecule has 1 aliphatic heterocycles. The molecule has 1 unspecified atom stereocenters. The van der Waals surface area contributed by atoms with Crippen molar-refractivity contribution in [2.24, 2.45) is 0 Å². The second kappa shape index (κ2) is 5.44. The largest absolute Gasteiger partial charge is 0.477 e. The van der Waals surface area contributed by atoms with Crippen LogP contribution in [0, 0.1) is 0 Å². The van der Waals surface area contributed by atoms with Crippen LogP contribution < -0.4 is 0 Å². The number of hydrogen-bond donors (Lipinski definition) is 2. The van der Waals surface area contributed by atoms with Gasteiger partial charge in [-0.2, -0.15) is 4.31 Å². The van der Waals surface area contributed by atoms with Crippen molar-refractivity contribution in [3.63, 3.8) is 0 Å². The van der Waals surface area contributed by atoms with Gasteiger partial charge in [0.2, 0.25) is 10.0 Å². The Hall–Kier alpha value is -0.960. The summed E-state index contributed by atoms with van der Waals surface area (Å²) in [6.07, 6.45) is 1.52. The minimum absolute atomic E-state index is 0.00499. The van der Waals surface area contributed by atoms with E-state index < -0.39 is 21.6 Å². The highest BCUT2D eigenvalue weighted by atomic mass is 32.2. The number of hydrogen-bond acceptors (Lipinski definition) is 5. The van der Waals surface area contributed by atoms with Crippen molar-refractivity contribution in [3.05, 3.63) is 16.3 Å². The van der Waals surface area contributed by atoms with E-state index >= 15 is 0 Å². The van der Waals surface area contributed by atoms with Crippen LogP contribution >= 0.6 is 11.3 Å². The van der Waals surface area contributed by atoms with Gasteiger partial charge in [-0.05, 0) is 32.3 Å². The summed E-state index contributed by atoms with van der Waals surface area (Å²) < 4.78 is 26.2. The van der Waals surface area contributed by atoms with Crippen LogP contribution in [0.3, 0.4) is 0 Å². The molecule has 1 saturated heterocycles. The fourth-order valence-electron chi connectivity index (χ4n) is 2.19. The van der Waals surface area contributed by atoms with E-state index in [0.717, 1.165) is 11.3 Å². The van der Waals surface area contributed by atoms with Gasteiger partial charge in [0, 0.05) is 18.5 Å². The smallest absolute Gasteiger partial charge is 0.345 e. The Morgan fingerprint density at radius 1 is 1.40 bits per heavy atom. The molecule has 1 aliphatic rings. The number of aromatic carboxylic acids is 1. The first-order chi connectivity index (χ1) is 9.22. The van der Waals surface area contributed by atoms with Gasteiger partial charge in [0.15, 0.2) is 0 Å². The second-order valence-electron chi connectivity index (χ2n) is 5.21. The maximum Gasteiger partial charge on any atom is 0.345 e. The van der Waals surface area contributed by atoms with Crippen LogP contribution in [0.4, 0.5) is 0 Å². The molecule has 0 saturated carbocycles. The first-order valence-electron chi connectivity index (χ1n) is 6.27. The Morgan fingerprint density at radius 3 is 2.70 bits per heavy atom. The minimum atomic E-state index is -3.68. The summed E-state index contributed by atoms with van der Waals surface area (Å²) >= 11 is 0.899. The Morgan fingerprint density at radius 2 is 2.10 bits per heavy atom. The molecular formula is C12H17NO5S2. The number of carboxylic acids is 1. The molecule has 0 aromatic carbocycles. The molecule has 112 valence electrons. The monoisotopic (exact) mass is 319 g/mol. The second-order valence-corrected chi connectivity index (χ2v) is 8.06. The Kier molecular flexibility index (Phi) is 4.19. The average Bonchev–Trinajstić information content (AvgIpc) is 2.76. The molecule has 8 heteroatoms. The lowest BCUT2D eigenvalue weighted by Gasteiger charge is -2.21. The SMILES string of the molecule is CC1(O)CCCN(S(=O)(=O)c2csc(C(=O)O)c2)CC1. The zero-order valence-electron chi connectivity index (χ0n) is 11.1. The quantitative estimate of drug-likeness (QED) is 0.877. The molecule has 1 fully saturated rings. The lowest BCUT2D eigenvalue weighted by molar-refractivity contribution is 0.0465. The van der Waals surface area contributed by atoms with Gasteiger partial charge >= 0.3 is 5.97 Å². The predicted molar refractivity (Wildman–Crippen MR) is 74.5 cm³/mol. The normalized spacial score (nSPS) is 25.3. The molecule has 0 aliphatic carbocycles. The third-order valence-corrected chi connectivity index (χ3v) is 6.39. The molecule has 1 aromatic heterocycles. The number of rotatable bonds is 3. The number of carbonyl (C=O) groups is 1. The van der Waals surface area contributed by atoms with Gasteiger partial charge in [0.1, 0.15) is 4.88 Å². The van der Waals surface area contributed by atoms with E-state index in [1.165, 1.54) is 15.8 Å². The fraction of sp³-hybridized carbons (Fsp3) is 0.583. The van der Waals surface area contributed by atoms with Gasteiger partial charge in [-0.25, -0.2) is 13.2 Å². The summed E-state index contributed by atoms with van der Waals surface area (Å²) in [6, 6.07) is 1.19. The van der Waals surface area contributed by atoms with Crippen LogP contribution in [0.1, 0.15) is 35.9 Å². The van der Waals surface area contributed by atoms with Crippen molar-refractivity contribution in [1.29, 1.82) is 0 Å². The summed E-state index contributed by atoms with van der Waals surface area (Å²) in [5, 5.41) is 20.2. The van der Waals surface area contributed by atoms with Crippen LogP contribution in [0.25, 0.3) is 0 Å². The number of aliphatic hydroxyl groups is 1. The van der Waals surface area contributed by atoms with E-state index in [4.69, 9.17) is 5.11 Å². The van der Waals surface area contributed by atoms with Crippen LogP contribution in [0.5, 0.6) is 0 Å². The van der Waals surface area contributed by atoms with Crippen molar-refractivity contribution in [1.82, 2.24) is 4.31 Å². The third-order valence-electron chi connectivity index (χ3n) is 3.45. The molecule has 6 nitrogen and oxygen atoms in total. The summed E-state index contributed by atoms with van der Waals surface area (Å²) in [5.41, 5.74) is -0.842. The lowest BCUT2D eigenvalue weighted by atomic mass is 9.98. The van der Waals surface area contributed by atoms with Crippen LogP contribution in [0.2, 0.25) is 0 Å². The van der Waals surface area contributed by atoms with Gasteiger partial charge < -0.3 is 10.2 Å². The van der Waals surface area contributed by atoms with Gasteiger partial charge in [-0.1, -0.05) is 0 Å². The predicted octanol–water partition coefficient (Wildman–Crippen LogP) is 1.37. The van der Waals surface area contributed by atoms with E-state index in [9.17, 15) is 18.3 Å². The van der Waals surface area contributed by atoms with Gasteiger partial charge in [0.25, 0.3) is 0 Å². The van der Waals surface area contributed by atoms with Crippen LogP contribution in [0.15, 0.2) is 16.3 Å². The van der Waals surface area contributed by atoms with Crippen LogP contribution in [-0.2, 0) is 10.0 Å². The van der Waals surface area contributed by atoms with E-state index in [2.05, 4.69) is 0 Å². The zero-order chi connectivity index (χ0) is 15.0. The summed E-state index contributed by atoms with van der Waals surface area (Å²) in [4.78, 5) is 10.8. The Balaban J connectivity index is 2.23. The number of nitrogens with zero attached hydrogens (tertiary/aromatic N) is 1. The lowest BCUT2D eigenvalue weighted by Crippen LogP contribution is -2.33.